The van der Waals surface area contributed by atoms with Gasteiger partial charge in [-0.2, -0.15) is 0 Å². The number of anilines is 2. The van der Waals surface area contributed by atoms with Crippen LogP contribution in [0, 0.1) is 17.0 Å². The lowest BCUT2D eigenvalue weighted by atomic mass is 10.2. The van der Waals surface area contributed by atoms with Crippen LogP contribution in [0.2, 0.25) is 10.0 Å². The first kappa shape index (κ1) is 23.8. The van der Waals surface area contributed by atoms with E-state index in [-0.39, 0.29) is 31.6 Å². The molecule has 0 aliphatic heterocycles. The number of carbonyl (C=O) groups is 4. The number of hydrogen-bond acceptors (Lipinski definition) is 9. The second kappa shape index (κ2) is 10.0. The molecule has 164 valence electrons. The number of aromatic nitrogens is 1. The van der Waals surface area contributed by atoms with E-state index in [2.05, 4.69) is 21.2 Å². The summed E-state index contributed by atoms with van der Waals surface area (Å²) in [4.78, 5) is 61.2. The highest BCUT2D eigenvalue weighted by molar-refractivity contribution is 7.17. The minimum atomic E-state index is -1.27. The Balaban J connectivity index is 1.98. The molecule has 5 N–H and O–H groups in total. The summed E-state index contributed by atoms with van der Waals surface area (Å²) < 4.78 is 0. The number of carbonyl (C=O) groups excluding carboxylic acids is 4. The average molecular weight is 490 g/mol. The lowest BCUT2D eigenvalue weighted by molar-refractivity contribution is -0.384. The molecular weight excluding hydrogens is 477 g/mol. The number of non-ortho nitro benzene ring substituents is 1. The minimum absolute atomic E-state index is 0.106. The predicted molar refractivity (Wildman–Crippen MR) is 112 cm³/mol. The molecule has 1 aromatic carbocycles. The Bertz CT molecular complexity index is 1070. The number of halogens is 2. The fourth-order valence-corrected chi connectivity index (χ4v) is 3.37. The Labute approximate surface area is 187 Å². The normalized spacial score (nSPS) is 10.1. The zero-order chi connectivity index (χ0) is 23.3. The summed E-state index contributed by atoms with van der Waals surface area (Å²) in [7, 11) is 0. The van der Waals surface area contributed by atoms with Crippen LogP contribution in [0.5, 0.6) is 0 Å². The number of amides is 4. The highest BCUT2D eigenvalue weighted by Crippen LogP contribution is 2.34. The van der Waals surface area contributed by atoms with Crippen LogP contribution in [0.3, 0.4) is 0 Å². The topological polar surface area (TPSA) is 184 Å². The molecule has 0 radical (unpaired) electrons. The largest absolute Gasteiger partial charge is 0.328 e. The summed E-state index contributed by atoms with van der Waals surface area (Å²) in [6, 6.07) is 1.89. The van der Waals surface area contributed by atoms with Gasteiger partial charge in [-0.05, 0) is 6.92 Å². The average Bonchev–Trinajstić information content (AvgIpc) is 3.07. The van der Waals surface area contributed by atoms with Gasteiger partial charge in [0, 0.05) is 19.1 Å². The number of benzene rings is 1. The van der Waals surface area contributed by atoms with Crippen molar-refractivity contribution < 1.29 is 24.1 Å². The van der Waals surface area contributed by atoms with Gasteiger partial charge in [-0.25, -0.2) is 4.98 Å². The molecule has 2 aromatic rings. The minimum Gasteiger partial charge on any atom is -0.315 e. The molecule has 31 heavy (non-hydrogen) atoms. The number of hydrogen-bond donors (Lipinski definition) is 5. The van der Waals surface area contributed by atoms with Crippen LogP contribution in [0.4, 0.5) is 16.5 Å². The van der Waals surface area contributed by atoms with Crippen LogP contribution < -0.4 is 27.0 Å². The van der Waals surface area contributed by atoms with Gasteiger partial charge >= 0.3 is 11.8 Å². The van der Waals surface area contributed by atoms with Crippen LogP contribution in [0.25, 0.3) is 0 Å². The zero-order valence-corrected chi connectivity index (χ0v) is 18.0. The molecule has 0 saturated carbocycles. The predicted octanol–water partition coefficient (Wildman–Crippen LogP) is 1.53. The van der Waals surface area contributed by atoms with Crippen LogP contribution >= 0.6 is 34.5 Å². The van der Waals surface area contributed by atoms with E-state index in [9.17, 15) is 29.3 Å². The van der Waals surface area contributed by atoms with Gasteiger partial charge in [0.05, 0.1) is 26.3 Å². The van der Waals surface area contributed by atoms with E-state index in [0.29, 0.717) is 5.69 Å². The van der Waals surface area contributed by atoms with Gasteiger partial charge in [-0.15, -0.1) is 0 Å². The molecule has 2 rings (SSSR count). The number of hydrazine groups is 2. The molecule has 1 aromatic heterocycles. The number of nitrogens with one attached hydrogen (secondary N) is 5. The van der Waals surface area contributed by atoms with Crippen molar-refractivity contribution >= 4 is 74.7 Å². The van der Waals surface area contributed by atoms with Gasteiger partial charge in [-0.3, -0.25) is 51.0 Å². The summed E-state index contributed by atoms with van der Waals surface area (Å²) in [6.45, 7) is 2.80. The Kier molecular flexibility index (Phi) is 7.68. The van der Waals surface area contributed by atoms with Crippen LogP contribution in [0.15, 0.2) is 12.1 Å². The Morgan fingerprint density at radius 3 is 2.23 bits per heavy atom. The van der Waals surface area contributed by atoms with Crippen molar-refractivity contribution in [2.24, 2.45) is 0 Å². The lowest BCUT2D eigenvalue weighted by Gasteiger charge is -2.10. The number of nitro groups is 1. The van der Waals surface area contributed by atoms with Crippen molar-refractivity contribution in [1.82, 2.24) is 21.3 Å². The van der Waals surface area contributed by atoms with E-state index < -0.39 is 28.3 Å². The quantitative estimate of drug-likeness (QED) is 0.237. The summed E-state index contributed by atoms with van der Waals surface area (Å²) in [5.41, 5.74) is 8.42. The molecular formula is C15H13Cl2N7O6S. The molecule has 0 aliphatic carbocycles. The lowest BCUT2D eigenvalue weighted by Crippen LogP contribution is -2.46. The van der Waals surface area contributed by atoms with Crippen molar-refractivity contribution in [1.29, 1.82) is 0 Å². The maximum atomic E-state index is 12.2. The molecule has 0 spiro atoms. The van der Waals surface area contributed by atoms with Crippen molar-refractivity contribution in [3.05, 3.63) is 42.9 Å². The van der Waals surface area contributed by atoms with Crippen molar-refractivity contribution in [3.8, 4) is 0 Å². The van der Waals surface area contributed by atoms with Crippen LogP contribution in [-0.4, -0.2) is 33.5 Å². The number of aryl methyl sites for hydroxylation is 1. The van der Waals surface area contributed by atoms with Gasteiger partial charge < -0.3 is 5.32 Å². The fraction of sp³-hybridized carbons (Fsp3) is 0.133. The van der Waals surface area contributed by atoms with E-state index in [1.165, 1.54) is 13.8 Å². The highest BCUT2D eigenvalue weighted by atomic mass is 35.5. The molecule has 13 nitrogen and oxygen atoms in total. The van der Waals surface area contributed by atoms with E-state index >= 15 is 0 Å². The summed E-state index contributed by atoms with van der Waals surface area (Å²) >= 11 is 12.6. The second-order valence-corrected chi connectivity index (χ2v) is 7.46. The molecule has 0 aliphatic rings. The van der Waals surface area contributed by atoms with Gasteiger partial charge in [0.1, 0.15) is 4.88 Å². The van der Waals surface area contributed by atoms with Gasteiger partial charge in [0.2, 0.25) is 11.0 Å². The first-order chi connectivity index (χ1) is 14.5. The maximum Gasteiger partial charge on any atom is 0.328 e. The fourth-order valence-electron chi connectivity index (χ4n) is 1.98. The SMILES string of the molecule is CC(=O)NNc1nc(C)c(C(=O)NNC(=O)C(=O)Nc2c(Cl)cc([N+](=O)[O-])cc2Cl)s1. The number of nitrogens with zero attached hydrogens (tertiary/aromatic N) is 2. The van der Waals surface area contributed by atoms with Crippen molar-refractivity contribution in [2.45, 2.75) is 13.8 Å². The molecule has 0 atom stereocenters. The Morgan fingerprint density at radius 2 is 1.68 bits per heavy atom. The zero-order valence-electron chi connectivity index (χ0n) is 15.7. The van der Waals surface area contributed by atoms with E-state index in [1.807, 2.05) is 10.9 Å². The van der Waals surface area contributed by atoms with Crippen molar-refractivity contribution in [2.75, 3.05) is 10.7 Å². The summed E-state index contributed by atoms with van der Waals surface area (Å²) in [5, 5.41) is 12.6. The van der Waals surface area contributed by atoms with E-state index in [0.717, 1.165) is 23.5 Å². The molecule has 16 heteroatoms. The number of rotatable bonds is 5. The summed E-state index contributed by atoms with van der Waals surface area (Å²) in [5.74, 6) is -3.65. The monoisotopic (exact) mass is 489 g/mol. The van der Waals surface area contributed by atoms with E-state index in [4.69, 9.17) is 23.2 Å². The Morgan fingerprint density at radius 1 is 1.06 bits per heavy atom. The molecule has 0 saturated heterocycles. The third-order valence-corrected chi connectivity index (χ3v) is 4.99. The van der Waals surface area contributed by atoms with Gasteiger partial charge in [0.25, 0.3) is 11.6 Å². The van der Waals surface area contributed by atoms with E-state index in [1.54, 1.807) is 0 Å². The third-order valence-electron chi connectivity index (χ3n) is 3.32. The van der Waals surface area contributed by atoms with Gasteiger partial charge in [-0.1, -0.05) is 34.5 Å². The number of nitro benzene ring substituents is 1. The summed E-state index contributed by atoms with van der Waals surface area (Å²) in [6.07, 6.45) is 0. The standard InChI is InChI=1S/C15H13Cl2N7O6S/c1-5-11(31-15(18-5)23-20-6(2)25)12(26)21-22-14(28)13(27)19-10-8(16)3-7(24(29)30)4-9(10)17/h3-4H,1-2H3,(H,18,23)(H,19,27)(H,20,25)(H,21,26)(H,22,28). The first-order valence-corrected chi connectivity index (χ1v) is 9.62. The second-order valence-electron chi connectivity index (χ2n) is 5.64. The maximum absolute atomic E-state index is 12.2. The van der Waals surface area contributed by atoms with Gasteiger partial charge in [0.15, 0.2) is 0 Å². The van der Waals surface area contributed by atoms with Crippen LogP contribution in [-0.2, 0) is 14.4 Å². The molecule has 0 bridgehead atoms. The molecule has 0 unspecified atom stereocenters. The molecule has 1 heterocycles. The first-order valence-electron chi connectivity index (χ1n) is 8.04. The van der Waals surface area contributed by atoms with Crippen molar-refractivity contribution in [3.63, 3.8) is 0 Å². The van der Waals surface area contributed by atoms with Crippen LogP contribution in [0.1, 0.15) is 22.3 Å². The molecule has 0 fully saturated rings. The smallest absolute Gasteiger partial charge is 0.315 e. The highest BCUT2D eigenvalue weighted by Gasteiger charge is 2.22. The molecule has 4 amide bonds. The number of thiazole rings is 1. The Hall–Kier alpha value is -3.49. The third kappa shape index (κ3) is 6.24.